The van der Waals surface area contributed by atoms with Crippen LogP contribution in [0.5, 0.6) is 0 Å². The molecule has 0 saturated carbocycles. The molecule has 0 heterocycles. The zero-order valence-corrected chi connectivity index (χ0v) is 8.68. The standard InChI is InChI=1S/C8H16O8/c1-2-15-8(13)7(12)6(11)5(10)4(9)3-16-14/h4-7,9-12,14H,2-3H2,1H3. The summed E-state index contributed by atoms with van der Waals surface area (Å²) in [6.45, 7) is 0.830. The molecule has 0 aromatic carbocycles. The highest BCUT2D eigenvalue weighted by Crippen LogP contribution is 2.07. The molecule has 4 atom stereocenters. The van der Waals surface area contributed by atoms with E-state index in [1.165, 1.54) is 6.92 Å². The van der Waals surface area contributed by atoms with Crippen LogP contribution < -0.4 is 0 Å². The van der Waals surface area contributed by atoms with Crippen LogP contribution in [-0.4, -0.2) is 69.3 Å². The number of carbonyl (C=O) groups excluding carboxylic acids is 1. The molecule has 0 bridgehead atoms. The van der Waals surface area contributed by atoms with E-state index >= 15 is 0 Å². The molecule has 4 unspecified atom stereocenters. The summed E-state index contributed by atoms with van der Waals surface area (Å²) < 4.78 is 4.39. The van der Waals surface area contributed by atoms with Crippen LogP contribution in [-0.2, 0) is 14.4 Å². The van der Waals surface area contributed by atoms with Crippen LogP contribution in [0.3, 0.4) is 0 Å². The van der Waals surface area contributed by atoms with Gasteiger partial charge in [-0.3, -0.25) is 5.26 Å². The van der Waals surface area contributed by atoms with E-state index in [-0.39, 0.29) is 6.61 Å². The maximum absolute atomic E-state index is 11.0. The maximum Gasteiger partial charge on any atom is 0.337 e. The van der Waals surface area contributed by atoms with E-state index in [0.717, 1.165) is 0 Å². The fourth-order valence-electron chi connectivity index (χ4n) is 0.956. The molecule has 0 aromatic rings. The van der Waals surface area contributed by atoms with Crippen molar-refractivity contribution in [1.29, 1.82) is 0 Å². The van der Waals surface area contributed by atoms with Gasteiger partial charge >= 0.3 is 5.97 Å². The number of hydrogen-bond donors (Lipinski definition) is 5. The maximum atomic E-state index is 11.0. The topological polar surface area (TPSA) is 137 Å². The Morgan fingerprint density at radius 1 is 1.19 bits per heavy atom. The van der Waals surface area contributed by atoms with Gasteiger partial charge in [-0.2, -0.15) is 0 Å². The van der Waals surface area contributed by atoms with Crippen LogP contribution >= 0.6 is 0 Å². The summed E-state index contributed by atoms with van der Waals surface area (Å²) in [5.74, 6) is -1.12. The van der Waals surface area contributed by atoms with Crippen LogP contribution in [0.2, 0.25) is 0 Å². The number of rotatable bonds is 7. The van der Waals surface area contributed by atoms with Crippen molar-refractivity contribution >= 4 is 5.97 Å². The largest absolute Gasteiger partial charge is 0.464 e. The van der Waals surface area contributed by atoms with Gasteiger partial charge in [0.25, 0.3) is 0 Å². The van der Waals surface area contributed by atoms with Gasteiger partial charge in [0.1, 0.15) is 24.9 Å². The van der Waals surface area contributed by atoms with Crippen LogP contribution in [0.15, 0.2) is 0 Å². The van der Waals surface area contributed by atoms with Crippen molar-refractivity contribution in [2.75, 3.05) is 13.2 Å². The molecule has 8 heteroatoms. The summed E-state index contributed by atoms with van der Waals surface area (Å²) in [6, 6.07) is 0. The summed E-state index contributed by atoms with van der Waals surface area (Å²) in [7, 11) is 0. The Labute approximate surface area is 91.6 Å². The second-order valence-corrected chi connectivity index (χ2v) is 3.04. The van der Waals surface area contributed by atoms with E-state index < -0.39 is 37.0 Å². The van der Waals surface area contributed by atoms with Gasteiger partial charge < -0.3 is 25.2 Å². The predicted molar refractivity (Wildman–Crippen MR) is 49.2 cm³/mol. The molecule has 0 spiro atoms. The molecule has 0 aromatic heterocycles. The van der Waals surface area contributed by atoms with Gasteiger partial charge in [-0.15, -0.1) is 0 Å². The van der Waals surface area contributed by atoms with E-state index in [2.05, 4.69) is 9.62 Å². The normalized spacial score (nSPS) is 18.6. The van der Waals surface area contributed by atoms with Crippen LogP contribution in [0.4, 0.5) is 0 Å². The van der Waals surface area contributed by atoms with E-state index in [9.17, 15) is 20.1 Å². The molecule has 96 valence electrons. The van der Waals surface area contributed by atoms with Crippen molar-refractivity contribution in [3.63, 3.8) is 0 Å². The zero-order valence-electron chi connectivity index (χ0n) is 8.68. The molecular weight excluding hydrogens is 224 g/mol. The average Bonchev–Trinajstić information content (AvgIpc) is 2.26. The predicted octanol–water partition coefficient (Wildman–Crippen LogP) is -2.52. The number of hydrogen-bond acceptors (Lipinski definition) is 8. The lowest BCUT2D eigenvalue weighted by molar-refractivity contribution is -0.267. The Hall–Kier alpha value is -0.770. The first-order valence-corrected chi connectivity index (χ1v) is 4.60. The molecular formula is C8H16O8. The molecule has 0 aliphatic carbocycles. The second kappa shape index (κ2) is 7.49. The quantitative estimate of drug-likeness (QED) is 0.187. The van der Waals surface area contributed by atoms with Crippen LogP contribution in [0, 0.1) is 0 Å². The van der Waals surface area contributed by atoms with Gasteiger partial charge in [0, 0.05) is 0 Å². The second-order valence-electron chi connectivity index (χ2n) is 3.04. The Morgan fingerprint density at radius 2 is 1.75 bits per heavy atom. The van der Waals surface area contributed by atoms with Gasteiger partial charge in [0.15, 0.2) is 6.10 Å². The van der Waals surface area contributed by atoms with Crippen LogP contribution in [0.1, 0.15) is 6.92 Å². The lowest BCUT2D eigenvalue weighted by atomic mass is 10.0. The third kappa shape index (κ3) is 4.39. The minimum Gasteiger partial charge on any atom is -0.464 e. The van der Waals surface area contributed by atoms with Gasteiger partial charge in [-0.05, 0) is 6.92 Å². The monoisotopic (exact) mass is 240 g/mol. The summed E-state index contributed by atoms with van der Waals surface area (Å²) in [4.78, 5) is 14.5. The number of esters is 1. The van der Waals surface area contributed by atoms with Gasteiger partial charge in [-0.25, -0.2) is 9.68 Å². The molecule has 0 aliphatic heterocycles. The highest BCUT2D eigenvalue weighted by atomic mass is 17.1. The summed E-state index contributed by atoms with van der Waals surface area (Å²) in [5, 5.41) is 44.8. The van der Waals surface area contributed by atoms with E-state index in [4.69, 9.17) is 10.4 Å². The first-order chi connectivity index (χ1) is 7.45. The Morgan fingerprint density at radius 3 is 2.19 bits per heavy atom. The van der Waals surface area contributed by atoms with E-state index in [1.54, 1.807) is 0 Å². The molecule has 16 heavy (non-hydrogen) atoms. The Bertz CT molecular complexity index is 208. The van der Waals surface area contributed by atoms with Gasteiger partial charge in [-0.1, -0.05) is 0 Å². The smallest absolute Gasteiger partial charge is 0.337 e. The lowest BCUT2D eigenvalue weighted by Crippen LogP contribution is -2.49. The summed E-state index contributed by atoms with van der Waals surface area (Å²) in [5.41, 5.74) is 0. The number of aliphatic hydroxyl groups excluding tert-OH is 4. The molecule has 0 aliphatic rings. The lowest BCUT2D eigenvalue weighted by Gasteiger charge is -2.24. The number of carbonyl (C=O) groups is 1. The van der Waals surface area contributed by atoms with Crippen molar-refractivity contribution in [2.24, 2.45) is 0 Å². The summed E-state index contributed by atoms with van der Waals surface area (Å²) in [6.07, 6.45) is -7.43. The highest BCUT2D eigenvalue weighted by Gasteiger charge is 2.35. The fourth-order valence-corrected chi connectivity index (χ4v) is 0.956. The average molecular weight is 240 g/mol. The number of ether oxygens (including phenoxy) is 1. The Balaban J connectivity index is 4.30. The highest BCUT2D eigenvalue weighted by molar-refractivity contribution is 5.75. The first kappa shape index (κ1) is 15.2. The SMILES string of the molecule is CCOC(=O)C(O)C(O)C(O)C(O)COO. The van der Waals surface area contributed by atoms with Crippen molar-refractivity contribution in [3.8, 4) is 0 Å². The summed E-state index contributed by atoms with van der Waals surface area (Å²) >= 11 is 0. The number of aliphatic hydroxyl groups is 4. The molecule has 0 radical (unpaired) electrons. The zero-order chi connectivity index (χ0) is 12.7. The van der Waals surface area contributed by atoms with E-state index in [0.29, 0.717) is 0 Å². The minimum atomic E-state index is -1.98. The van der Waals surface area contributed by atoms with Crippen LogP contribution in [0.25, 0.3) is 0 Å². The molecule has 0 fully saturated rings. The third-order valence-electron chi connectivity index (χ3n) is 1.84. The van der Waals surface area contributed by atoms with Crippen molar-refractivity contribution in [1.82, 2.24) is 0 Å². The molecule has 0 amide bonds. The third-order valence-corrected chi connectivity index (χ3v) is 1.84. The fraction of sp³-hybridized carbons (Fsp3) is 0.875. The van der Waals surface area contributed by atoms with Gasteiger partial charge in [0.2, 0.25) is 0 Å². The van der Waals surface area contributed by atoms with Crippen molar-refractivity contribution < 1.29 is 40.1 Å². The molecule has 5 N–H and O–H groups in total. The molecule has 0 rings (SSSR count). The van der Waals surface area contributed by atoms with Crippen molar-refractivity contribution in [2.45, 2.75) is 31.3 Å². The Kier molecular flexibility index (Phi) is 7.13. The van der Waals surface area contributed by atoms with Gasteiger partial charge in [0.05, 0.1) is 6.61 Å². The van der Waals surface area contributed by atoms with Crippen molar-refractivity contribution in [3.05, 3.63) is 0 Å². The molecule has 8 nitrogen and oxygen atoms in total. The molecule has 0 saturated heterocycles. The first-order valence-electron chi connectivity index (χ1n) is 4.60. The van der Waals surface area contributed by atoms with E-state index in [1.807, 2.05) is 0 Å². The minimum absolute atomic E-state index is 0.00101.